The highest BCUT2D eigenvalue weighted by Crippen LogP contribution is 2.41. The predicted octanol–water partition coefficient (Wildman–Crippen LogP) is 20.2. The minimum Gasteiger partial charge on any atom is -0.373 e. The number of piperidine rings is 4. The number of carbonyl (C=O) groups excluding carboxylic acids is 4. The van der Waals surface area contributed by atoms with Crippen LogP contribution in [-0.4, -0.2) is 196 Å². The maximum Gasteiger partial charge on any atom is 0.417 e. The van der Waals surface area contributed by atoms with Crippen LogP contribution < -0.4 is 21.3 Å². The van der Waals surface area contributed by atoms with Crippen LogP contribution in [0.5, 0.6) is 0 Å². The topological polar surface area (TPSA) is 283 Å². The predicted molar refractivity (Wildman–Crippen MR) is 522 cm³/mol. The van der Waals surface area contributed by atoms with Gasteiger partial charge in [-0.3, -0.25) is 32.9 Å². The molecule has 4 fully saturated rings. The van der Waals surface area contributed by atoms with E-state index in [2.05, 4.69) is 80.8 Å². The lowest BCUT2D eigenvalue weighted by Gasteiger charge is -2.40. The Morgan fingerprint density at radius 3 is 1.11 bits per heavy atom. The first-order valence-corrected chi connectivity index (χ1v) is 48.2. The van der Waals surface area contributed by atoms with Gasteiger partial charge in [0.15, 0.2) is 0 Å². The highest BCUT2D eigenvalue weighted by molar-refractivity contribution is 6.07. The van der Waals surface area contributed by atoms with E-state index < -0.39 is 35.2 Å². The first kappa shape index (κ1) is 99.2. The fourth-order valence-corrected chi connectivity index (χ4v) is 19.6. The molecule has 0 bridgehead atoms. The molecule has 0 radical (unpaired) electrons. The fourth-order valence-electron chi connectivity index (χ4n) is 19.6. The summed E-state index contributed by atoms with van der Waals surface area (Å²) < 4.78 is 135. The number of likely N-dealkylation sites (tertiary alicyclic amines) is 4. The Morgan fingerprint density at radius 2 is 0.725 bits per heavy atom. The van der Waals surface area contributed by atoms with E-state index in [4.69, 9.17) is 29.8 Å². The van der Waals surface area contributed by atoms with Gasteiger partial charge in [0, 0.05) is 118 Å². The van der Waals surface area contributed by atoms with Gasteiger partial charge < -0.3 is 50.3 Å². The molecule has 6 aliphatic heterocycles. The lowest BCUT2D eigenvalue weighted by molar-refractivity contribution is -0.138. The molecule has 0 unspecified atom stereocenters. The molecule has 740 valence electrons. The molecule has 14 aromatic rings. The number of aromatic nitrogens is 13. The second-order valence-electron chi connectivity index (χ2n) is 36.7. The summed E-state index contributed by atoms with van der Waals surface area (Å²) in [6.45, 7) is 18.0. The largest absolute Gasteiger partial charge is 0.417 e. The number of benzene rings is 4. The van der Waals surface area contributed by atoms with Crippen molar-refractivity contribution in [1.82, 2.24) is 83.1 Å². The van der Waals surface area contributed by atoms with Crippen LogP contribution in [0, 0.1) is 23.7 Å². The highest BCUT2D eigenvalue weighted by Gasteiger charge is 2.43. The second kappa shape index (κ2) is 44.2. The maximum absolute atomic E-state index is 14.1. The van der Waals surface area contributed by atoms with Gasteiger partial charge in [-0.2, -0.15) is 54.8 Å². The first-order valence-electron chi connectivity index (χ1n) is 48.2. The Balaban J connectivity index is 0.000000130. The number of pyridine rings is 5. The lowest BCUT2D eigenvalue weighted by atomic mass is 9.89. The summed E-state index contributed by atoms with van der Waals surface area (Å²) in [5.41, 5.74) is 10.3. The summed E-state index contributed by atoms with van der Waals surface area (Å²) in [5, 5.41) is 27.1. The van der Waals surface area contributed by atoms with Crippen LogP contribution in [-0.2, 0) is 60.7 Å². The van der Waals surface area contributed by atoms with E-state index in [1.54, 1.807) is 4.52 Å². The number of rotatable bonds is 21. The number of carbonyl (C=O) groups is 4. The molecular formula is C106H112F9N21O6. The monoisotopic (exact) mass is 1950 g/mol. The van der Waals surface area contributed by atoms with Gasteiger partial charge in [0.05, 0.1) is 114 Å². The van der Waals surface area contributed by atoms with E-state index in [1.165, 1.54) is 18.2 Å². The summed E-state index contributed by atoms with van der Waals surface area (Å²) in [7, 11) is 0. The third-order valence-corrected chi connectivity index (χ3v) is 27.4. The molecule has 16 heterocycles. The van der Waals surface area contributed by atoms with Crippen molar-refractivity contribution in [3.63, 3.8) is 0 Å². The minimum absolute atomic E-state index is 0.0335. The Labute approximate surface area is 815 Å². The van der Waals surface area contributed by atoms with Crippen LogP contribution >= 0.6 is 0 Å². The number of hydrogen-bond acceptors (Lipinski definition) is 19. The molecule has 8 atom stereocenters. The van der Waals surface area contributed by atoms with Crippen LogP contribution in [0.25, 0.3) is 56.2 Å². The van der Waals surface area contributed by atoms with Crippen LogP contribution in [0.1, 0.15) is 161 Å². The van der Waals surface area contributed by atoms with Gasteiger partial charge in [0.1, 0.15) is 51.6 Å². The number of amides is 4. The Bertz CT molecular complexity index is 6420. The van der Waals surface area contributed by atoms with E-state index >= 15 is 0 Å². The highest BCUT2D eigenvalue weighted by atomic mass is 19.4. The van der Waals surface area contributed by atoms with E-state index in [1.807, 2.05) is 216 Å². The zero-order chi connectivity index (χ0) is 99.4. The molecule has 27 nitrogen and oxygen atoms in total. The Kier molecular flexibility index (Phi) is 30.8. The molecule has 10 aromatic heterocycles. The minimum atomic E-state index is -4.43. The maximum atomic E-state index is 14.1. The average Bonchev–Trinajstić information content (AvgIpc) is 1.62. The molecule has 20 rings (SSSR count). The van der Waals surface area contributed by atoms with Crippen molar-refractivity contribution in [3.8, 4) is 45.0 Å². The van der Waals surface area contributed by atoms with Crippen LogP contribution in [0.3, 0.4) is 0 Å². The van der Waals surface area contributed by atoms with Crippen molar-refractivity contribution < 1.29 is 68.2 Å². The second-order valence-corrected chi connectivity index (χ2v) is 36.7. The van der Waals surface area contributed by atoms with Crippen LogP contribution in [0.2, 0.25) is 0 Å². The van der Waals surface area contributed by atoms with Gasteiger partial charge in [0.2, 0.25) is 5.95 Å². The van der Waals surface area contributed by atoms with E-state index in [9.17, 15) is 58.7 Å². The van der Waals surface area contributed by atoms with Gasteiger partial charge >= 0.3 is 18.5 Å². The number of aryl methyl sites for hydroxylation is 1. The number of hydrogen-bond donors (Lipinski definition) is 4. The van der Waals surface area contributed by atoms with Gasteiger partial charge in [0.25, 0.3) is 23.6 Å². The van der Waals surface area contributed by atoms with Crippen molar-refractivity contribution in [2.45, 2.75) is 161 Å². The quantitative estimate of drug-likeness (QED) is 0.0486. The van der Waals surface area contributed by atoms with E-state index in [0.29, 0.717) is 160 Å². The molecule has 4 saturated heterocycles. The number of nitrogens with one attached hydrogen (secondary N) is 4. The fraction of sp³-hybridized carbons (Fsp3) is 0.368. The summed E-state index contributed by atoms with van der Waals surface area (Å²) in [6, 6.07) is 56.7. The zero-order valence-electron chi connectivity index (χ0n) is 79.4. The standard InChI is InChI=1S/2C27H26F3N5O.C26H28F3N5O2.C26H32N6O2/c1-18-8-7-14-34(22(18)17-32-23-13-12-20(16-31-23)27(28,29)30)26(36)24-21-11-5-6-15-35(21)33-25(24)19-9-3-2-4-10-19;1-18-8-7-15-34(21(18)17-32-22-13-12-20(16-31-22)27(28,29)30)26(36)25-24(19-9-3-2-4-10-19)33-23-11-5-6-14-35(23)25;1-17-6-5-11-33(20(17)15-31-22-10-9-19(14-30-22)26(27,28)29)25(35)23-21-16-36-13-12-34(21)32-24(23)18-7-3-2-4-8-18;1-3-19-14-27-26(28-15-19)29-16-21-18(2)8-7-11-31(21)25(33)23-22-17-34-13-12-32(22)30-24(23)20-9-5-4-6-10-20/h2-6,9-13,15-16,18,22H,7-8,14,17H2,1H3,(H,31,32);2-6,9-14,16,18,21H,7-8,15,17H2,1H3,(H,31,32);2-4,7-10,14,17,20H,5-6,11-13,15-16H2,1H3,(H,30,31);4-6,9-10,14-15,18,21H,3,7-8,11-13,16-17H2,1-2H3,(H,27,28,29)/t18-,22-;18-,21-;17-,20-;18-,21-/m1111/s1. The molecule has 4 amide bonds. The number of alkyl halides is 9. The smallest absolute Gasteiger partial charge is 0.373 e. The first-order chi connectivity index (χ1) is 68.6. The number of fused-ring (bicyclic) bond motifs is 4. The molecule has 4 aromatic carbocycles. The lowest BCUT2D eigenvalue weighted by Crippen LogP contribution is -2.51. The number of anilines is 4. The molecule has 0 aliphatic carbocycles. The number of imidazole rings is 1. The van der Waals surface area contributed by atoms with Crippen molar-refractivity contribution in [2.24, 2.45) is 23.7 Å². The van der Waals surface area contributed by atoms with Gasteiger partial charge in [-0.15, -0.1) is 0 Å². The van der Waals surface area contributed by atoms with Crippen molar-refractivity contribution in [2.75, 3.05) is 86.8 Å². The van der Waals surface area contributed by atoms with Crippen molar-refractivity contribution in [3.05, 3.63) is 294 Å². The molecule has 0 saturated carbocycles. The number of ether oxygens (including phenoxy) is 2. The zero-order valence-corrected chi connectivity index (χ0v) is 79.4. The molecule has 142 heavy (non-hydrogen) atoms. The summed E-state index contributed by atoms with van der Waals surface area (Å²) >= 11 is 0. The van der Waals surface area contributed by atoms with Crippen LogP contribution in [0.15, 0.2) is 238 Å². The number of nitrogens with zero attached hydrogens (tertiary/aromatic N) is 17. The molecule has 36 heteroatoms. The van der Waals surface area contributed by atoms with Crippen molar-refractivity contribution >= 4 is 58.2 Å². The Morgan fingerprint density at radius 1 is 0.373 bits per heavy atom. The summed E-state index contributed by atoms with van der Waals surface area (Å²) in [5.74, 6) is 2.30. The van der Waals surface area contributed by atoms with Crippen LogP contribution in [0.4, 0.5) is 62.9 Å². The normalized spacial score (nSPS) is 19.3. The SMILES string of the molecule is CCc1cnc(NC[C@@H]2[C@H](C)CCCN2C(=O)c2c(-c3ccccc3)nn3c2COCC3)nc1.C[C@@H]1CCCN(C(=O)c2c(-c3ccccc3)nc3ccccn23)[C@@H]1CNc1ccc(C(F)(F)F)cn1.C[C@@H]1CCCN(C(=O)c2c(-c3ccccc3)nn3c2COCC3)[C@@H]1CNc1ccc(C(F)(F)F)cn1.C[C@@H]1CCCN(C(=O)c2c(-c3ccccc3)nn3ccccc23)[C@@H]1CNc1ccc(C(F)(F)F)cn1. The Hall–Kier alpha value is -14.4. The third-order valence-electron chi connectivity index (χ3n) is 27.4. The summed E-state index contributed by atoms with van der Waals surface area (Å²) in [4.78, 5) is 89.5. The summed E-state index contributed by atoms with van der Waals surface area (Å²) in [6.07, 6.45) is 5.02. The van der Waals surface area contributed by atoms with E-state index in [0.717, 1.165) is 152 Å². The molecule has 6 aliphatic rings. The number of halogens is 9. The average molecular weight is 1950 g/mol. The van der Waals surface area contributed by atoms with Gasteiger partial charge in [-0.05, 0) is 148 Å². The van der Waals surface area contributed by atoms with Crippen molar-refractivity contribution in [1.29, 1.82) is 0 Å². The molecule has 0 spiro atoms. The molecule has 4 N–H and O–H groups in total. The van der Waals surface area contributed by atoms with Gasteiger partial charge in [-0.1, -0.05) is 168 Å². The van der Waals surface area contributed by atoms with Gasteiger partial charge in [-0.25, -0.2) is 34.4 Å². The molecular weight excluding hydrogens is 1830 g/mol. The van der Waals surface area contributed by atoms with E-state index in [-0.39, 0.29) is 65.5 Å². The third kappa shape index (κ3) is 22.6.